The minimum absolute atomic E-state index is 0. The van der Waals surface area contributed by atoms with Gasteiger partial charge in [0.1, 0.15) is 0 Å². The van der Waals surface area contributed by atoms with Crippen LogP contribution in [0.15, 0.2) is 34.6 Å². The van der Waals surface area contributed by atoms with Crippen LogP contribution >= 0.6 is 46.9 Å². The monoisotopic (exact) mass is 492 g/mol. The number of nitrogens with one attached hydrogen (secondary N) is 2. The zero-order chi connectivity index (χ0) is 17.4. The molecule has 0 saturated carbocycles. The second-order valence-electron chi connectivity index (χ2n) is 5.85. The van der Waals surface area contributed by atoms with E-state index in [2.05, 4.69) is 45.9 Å². The maximum absolute atomic E-state index is 6.17. The highest BCUT2D eigenvalue weighted by Gasteiger charge is 2.06. The molecule has 2 aromatic rings. The molecular weight excluding hydrogens is 467 g/mol. The Kier molecular flexibility index (Phi) is 10.4. The lowest BCUT2D eigenvalue weighted by molar-refractivity contribution is 0.771. The summed E-state index contributed by atoms with van der Waals surface area (Å²) < 4.78 is 0. The zero-order valence-corrected chi connectivity index (χ0v) is 18.8. The van der Waals surface area contributed by atoms with Gasteiger partial charge in [0.2, 0.25) is 0 Å². The van der Waals surface area contributed by atoms with Crippen molar-refractivity contribution in [2.24, 2.45) is 4.99 Å². The first-order chi connectivity index (χ1) is 11.6. The number of benzene rings is 1. The highest BCUT2D eigenvalue weighted by atomic mass is 127. The average molecular weight is 493 g/mol. The molecule has 0 saturated heterocycles. The molecule has 2 N–H and O–H groups in total. The number of hydrogen-bond acceptors (Lipinski definition) is 3. The van der Waals surface area contributed by atoms with Crippen LogP contribution in [0.2, 0.25) is 5.02 Å². The van der Waals surface area contributed by atoms with E-state index >= 15 is 0 Å². The van der Waals surface area contributed by atoms with Crippen LogP contribution in [0.25, 0.3) is 0 Å². The average Bonchev–Trinajstić information content (AvgIpc) is 3.04. The lowest BCUT2D eigenvalue weighted by Crippen LogP contribution is -2.39. The number of aromatic nitrogens is 1. The molecule has 0 bridgehead atoms. The van der Waals surface area contributed by atoms with Crippen molar-refractivity contribution in [1.29, 1.82) is 0 Å². The molecule has 0 spiro atoms. The van der Waals surface area contributed by atoms with Gasteiger partial charge in [0.25, 0.3) is 0 Å². The van der Waals surface area contributed by atoms with Gasteiger partial charge in [-0.15, -0.1) is 35.3 Å². The van der Waals surface area contributed by atoms with E-state index < -0.39 is 0 Å². The molecule has 2 rings (SSSR count). The van der Waals surface area contributed by atoms with E-state index in [1.165, 1.54) is 5.01 Å². The molecule has 4 nitrogen and oxygen atoms in total. The van der Waals surface area contributed by atoms with Gasteiger partial charge in [-0.05, 0) is 18.1 Å². The Morgan fingerprint density at radius 2 is 1.88 bits per heavy atom. The number of hydrogen-bond donors (Lipinski definition) is 2. The Morgan fingerprint density at radius 3 is 2.48 bits per heavy atom. The summed E-state index contributed by atoms with van der Waals surface area (Å²) >= 11 is 7.91. The van der Waals surface area contributed by atoms with E-state index in [0.717, 1.165) is 48.2 Å². The van der Waals surface area contributed by atoms with Crippen molar-refractivity contribution in [2.75, 3.05) is 20.1 Å². The quantitative estimate of drug-likeness (QED) is 0.340. The SMILES string of the molecule is CN=C(NCCc1csc(C(C)C)n1)NCCc1ccccc1Cl.I. The fourth-order valence-corrected chi connectivity index (χ4v) is 3.35. The second kappa shape index (κ2) is 11.7. The summed E-state index contributed by atoms with van der Waals surface area (Å²) in [5.41, 5.74) is 2.29. The van der Waals surface area contributed by atoms with Crippen LogP contribution < -0.4 is 10.6 Å². The summed E-state index contributed by atoms with van der Waals surface area (Å²) in [6.45, 7) is 5.95. The minimum Gasteiger partial charge on any atom is -0.356 e. The van der Waals surface area contributed by atoms with Crippen molar-refractivity contribution in [3.63, 3.8) is 0 Å². The summed E-state index contributed by atoms with van der Waals surface area (Å²) in [7, 11) is 1.78. The molecule has 0 atom stereocenters. The molecule has 1 aromatic carbocycles. The van der Waals surface area contributed by atoms with Gasteiger partial charge in [-0.1, -0.05) is 43.6 Å². The normalized spacial score (nSPS) is 11.3. The minimum atomic E-state index is 0. The van der Waals surface area contributed by atoms with Gasteiger partial charge in [-0.25, -0.2) is 4.98 Å². The Balaban J connectivity index is 0.00000312. The summed E-state index contributed by atoms with van der Waals surface area (Å²) in [5.74, 6) is 1.30. The number of nitrogens with zero attached hydrogens (tertiary/aromatic N) is 2. The lowest BCUT2D eigenvalue weighted by Gasteiger charge is -2.12. The molecule has 138 valence electrons. The summed E-state index contributed by atoms with van der Waals surface area (Å²) in [5, 5.41) is 10.8. The molecule has 25 heavy (non-hydrogen) atoms. The van der Waals surface area contributed by atoms with Crippen LogP contribution in [-0.2, 0) is 12.8 Å². The first kappa shape index (κ1) is 22.2. The van der Waals surface area contributed by atoms with Crippen LogP contribution in [0, 0.1) is 0 Å². The first-order valence-corrected chi connectivity index (χ1v) is 9.48. The summed E-state index contributed by atoms with van der Waals surface area (Å²) in [4.78, 5) is 8.90. The van der Waals surface area contributed by atoms with Crippen molar-refractivity contribution in [2.45, 2.75) is 32.6 Å². The number of rotatable bonds is 7. The third-order valence-electron chi connectivity index (χ3n) is 3.61. The van der Waals surface area contributed by atoms with Crippen molar-refractivity contribution < 1.29 is 0 Å². The van der Waals surface area contributed by atoms with E-state index in [-0.39, 0.29) is 24.0 Å². The number of thiazole rings is 1. The molecule has 0 amide bonds. The highest BCUT2D eigenvalue weighted by Crippen LogP contribution is 2.19. The lowest BCUT2D eigenvalue weighted by atomic mass is 10.1. The van der Waals surface area contributed by atoms with E-state index in [9.17, 15) is 0 Å². The van der Waals surface area contributed by atoms with Gasteiger partial charge in [0, 0.05) is 42.9 Å². The molecular formula is C18H26ClIN4S. The van der Waals surface area contributed by atoms with Gasteiger partial charge >= 0.3 is 0 Å². The smallest absolute Gasteiger partial charge is 0.190 e. The summed E-state index contributed by atoms with van der Waals surface area (Å²) in [6.07, 6.45) is 1.76. The Labute approximate surface area is 176 Å². The van der Waals surface area contributed by atoms with E-state index in [4.69, 9.17) is 11.6 Å². The van der Waals surface area contributed by atoms with Crippen molar-refractivity contribution in [3.8, 4) is 0 Å². The molecule has 1 heterocycles. The van der Waals surface area contributed by atoms with Crippen LogP contribution in [-0.4, -0.2) is 31.1 Å². The third kappa shape index (κ3) is 7.50. The molecule has 7 heteroatoms. The van der Waals surface area contributed by atoms with Gasteiger partial charge in [-0.2, -0.15) is 0 Å². The Bertz CT molecular complexity index is 673. The van der Waals surface area contributed by atoms with Gasteiger partial charge < -0.3 is 10.6 Å². The Morgan fingerprint density at radius 1 is 1.20 bits per heavy atom. The molecule has 0 aliphatic carbocycles. The zero-order valence-electron chi connectivity index (χ0n) is 14.9. The molecule has 0 unspecified atom stereocenters. The maximum atomic E-state index is 6.17. The molecule has 0 radical (unpaired) electrons. The van der Waals surface area contributed by atoms with Gasteiger partial charge in [-0.3, -0.25) is 4.99 Å². The molecule has 1 aromatic heterocycles. The first-order valence-electron chi connectivity index (χ1n) is 8.22. The molecule has 0 aliphatic rings. The molecule has 0 fully saturated rings. The third-order valence-corrected chi connectivity index (χ3v) is 5.17. The van der Waals surface area contributed by atoms with Crippen LogP contribution in [0.5, 0.6) is 0 Å². The van der Waals surface area contributed by atoms with Crippen LogP contribution in [0.1, 0.15) is 36.0 Å². The standard InChI is InChI=1S/C18H25ClN4S.HI/c1-13(2)17-23-15(12-24-17)9-11-22-18(20-3)21-10-8-14-6-4-5-7-16(14)19;/h4-7,12-13H,8-11H2,1-3H3,(H2,20,21,22);1H. The predicted molar refractivity (Wildman–Crippen MR) is 120 cm³/mol. The topological polar surface area (TPSA) is 49.3 Å². The summed E-state index contributed by atoms with van der Waals surface area (Å²) in [6, 6.07) is 7.93. The number of halogens is 2. The highest BCUT2D eigenvalue weighted by molar-refractivity contribution is 14.0. The van der Waals surface area contributed by atoms with Crippen LogP contribution in [0.4, 0.5) is 0 Å². The number of guanidine groups is 1. The maximum Gasteiger partial charge on any atom is 0.190 e. The predicted octanol–water partition coefficient (Wildman–Crippen LogP) is 4.49. The van der Waals surface area contributed by atoms with Crippen molar-refractivity contribution >= 4 is 52.9 Å². The van der Waals surface area contributed by atoms with E-state index in [1.54, 1.807) is 18.4 Å². The largest absolute Gasteiger partial charge is 0.356 e. The fourth-order valence-electron chi connectivity index (χ4n) is 2.25. The molecule has 0 aliphatic heterocycles. The fraction of sp³-hybridized carbons (Fsp3) is 0.444. The number of aliphatic imine (C=N–C) groups is 1. The van der Waals surface area contributed by atoms with Crippen molar-refractivity contribution in [1.82, 2.24) is 15.6 Å². The van der Waals surface area contributed by atoms with Crippen molar-refractivity contribution in [3.05, 3.63) is 50.9 Å². The van der Waals surface area contributed by atoms with E-state index in [0.29, 0.717) is 5.92 Å². The van der Waals surface area contributed by atoms with Gasteiger partial charge in [0.05, 0.1) is 10.7 Å². The Hall–Kier alpha value is -0.860. The van der Waals surface area contributed by atoms with Gasteiger partial charge in [0.15, 0.2) is 5.96 Å². The second-order valence-corrected chi connectivity index (χ2v) is 7.15. The van der Waals surface area contributed by atoms with E-state index in [1.807, 2.05) is 18.2 Å². The van der Waals surface area contributed by atoms with Crippen LogP contribution in [0.3, 0.4) is 0 Å².